The SMILES string of the molecule is COc1ccc([C@@H](CC(=O)O)c2cc(OC)c(OC)c(OC)c2)cc1OC. The van der Waals surface area contributed by atoms with Crippen LogP contribution in [-0.4, -0.2) is 46.6 Å². The Morgan fingerprint density at radius 2 is 1.30 bits per heavy atom. The van der Waals surface area contributed by atoms with Crippen molar-refractivity contribution in [3.8, 4) is 28.7 Å². The molecule has 7 heteroatoms. The molecule has 0 amide bonds. The summed E-state index contributed by atoms with van der Waals surface area (Å²) in [6, 6.07) is 8.85. The minimum Gasteiger partial charge on any atom is -0.493 e. The second-order valence-electron chi connectivity index (χ2n) is 5.72. The third-order valence-corrected chi connectivity index (χ3v) is 4.28. The van der Waals surface area contributed by atoms with Gasteiger partial charge in [0.25, 0.3) is 0 Å². The molecule has 1 N–H and O–H groups in total. The highest BCUT2D eigenvalue weighted by Gasteiger charge is 2.23. The van der Waals surface area contributed by atoms with Crippen LogP contribution in [0.5, 0.6) is 28.7 Å². The number of benzene rings is 2. The zero-order chi connectivity index (χ0) is 20.0. The molecular formula is C20H24O7. The Kier molecular flexibility index (Phi) is 6.76. The van der Waals surface area contributed by atoms with Gasteiger partial charge in [0.2, 0.25) is 5.75 Å². The fraction of sp³-hybridized carbons (Fsp3) is 0.350. The summed E-state index contributed by atoms with van der Waals surface area (Å²) in [5, 5.41) is 9.44. The highest BCUT2D eigenvalue weighted by atomic mass is 16.5. The molecular weight excluding hydrogens is 352 g/mol. The van der Waals surface area contributed by atoms with Crippen molar-refractivity contribution < 1.29 is 33.6 Å². The summed E-state index contributed by atoms with van der Waals surface area (Å²) in [5.74, 6) is 1.09. The van der Waals surface area contributed by atoms with Crippen LogP contribution in [0, 0.1) is 0 Å². The predicted molar refractivity (Wildman–Crippen MR) is 99.7 cm³/mol. The van der Waals surface area contributed by atoms with Crippen LogP contribution in [-0.2, 0) is 4.79 Å². The van der Waals surface area contributed by atoms with E-state index in [1.54, 1.807) is 31.4 Å². The van der Waals surface area contributed by atoms with Gasteiger partial charge in [-0.3, -0.25) is 4.79 Å². The maximum atomic E-state index is 11.5. The third-order valence-electron chi connectivity index (χ3n) is 4.28. The smallest absolute Gasteiger partial charge is 0.304 e. The zero-order valence-electron chi connectivity index (χ0n) is 16.1. The Hall–Kier alpha value is -3.09. The molecule has 0 radical (unpaired) electrons. The summed E-state index contributed by atoms with van der Waals surface area (Å²) < 4.78 is 26.7. The van der Waals surface area contributed by atoms with Crippen LogP contribution in [0.1, 0.15) is 23.5 Å². The van der Waals surface area contributed by atoms with Crippen molar-refractivity contribution in [1.82, 2.24) is 0 Å². The first-order chi connectivity index (χ1) is 13.0. The van der Waals surface area contributed by atoms with Gasteiger partial charge < -0.3 is 28.8 Å². The molecule has 0 aromatic heterocycles. The standard InChI is InChI=1S/C20H24O7/c1-23-15-7-6-12(8-16(15)24-2)14(11-19(21)22)13-9-17(25-3)20(27-5)18(10-13)26-4/h6-10,14H,11H2,1-5H3,(H,21,22)/t14-/m1/s1. The molecule has 0 bridgehead atoms. The molecule has 27 heavy (non-hydrogen) atoms. The monoisotopic (exact) mass is 376 g/mol. The van der Waals surface area contributed by atoms with E-state index in [9.17, 15) is 9.90 Å². The molecule has 1 atom stereocenters. The van der Waals surface area contributed by atoms with Crippen LogP contribution in [0.25, 0.3) is 0 Å². The van der Waals surface area contributed by atoms with E-state index < -0.39 is 11.9 Å². The summed E-state index contributed by atoms with van der Waals surface area (Å²) in [6.45, 7) is 0. The maximum absolute atomic E-state index is 11.5. The minimum atomic E-state index is -0.927. The average Bonchev–Trinajstić information content (AvgIpc) is 2.70. The first-order valence-corrected chi connectivity index (χ1v) is 8.22. The van der Waals surface area contributed by atoms with Gasteiger partial charge in [-0.1, -0.05) is 6.07 Å². The van der Waals surface area contributed by atoms with Crippen molar-refractivity contribution in [3.63, 3.8) is 0 Å². The molecule has 0 aliphatic carbocycles. The normalized spacial score (nSPS) is 11.4. The van der Waals surface area contributed by atoms with E-state index in [1.807, 2.05) is 6.07 Å². The maximum Gasteiger partial charge on any atom is 0.304 e. The first-order valence-electron chi connectivity index (χ1n) is 8.22. The Morgan fingerprint density at radius 3 is 1.74 bits per heavy atom. The molecule has 0 heterocycles. The summed E-state index contributed by atoms with van der Waals surface area (Å²) in [4.78, 5) is 11.5. The van der Waals surface area contributed by atoms with Gasteiger partial charge in [-0.2, -0.15) is 0 Å². The number of methoxy groups -OCH3 is 5. The molecule has 146 valence electrons. The molecule has 0 unspecified atom stereocenters. The third kappa shape index (κ3) is 4.36. The van der Waals surface area contributed by atoms with Gasteiger partial charge in [-0.25, -0.2) is 0 Å². The summed E-state index contributed by atoms with van der Waals surface area (Å²) in [5.41, 5.74) is 1.49. The molecule has 0 fully saturated rings. The largest absolute Gasteiger partial charge is 0.493 e. The zero-order valence-corrected chi connectivity index (χ0v) is 16.1. The summed E-state index contributed by atoms with van der Waals surface area (Å²) in [7, 11) is 7.63. The van der Waals surface area contributed by atoms with E-state index in [0.717, 1.165) is 11.1 Å². The number of hydrogen-bond donors (Lipinski definition) is 1. The van der Waals surface area contributed by atoms with Crippen molar-refractivity contribution >= 4 is 5.97 Å². The highest BCUT2D eigenvalue weighted by Crippen LogP contribution is 2.43. The number of carboxylic acid groups (broad SMARTS) is 1. The topological polar surface area (TPSA) is 83.5 Å². The number of carbonyl (C=O) groups is 1. The second-order valence-corrected chi connectivity index (χ2v) is 5.72. The van der Waals surface area contributed by atoms with Gasteiger partial charge in [0, 0.05) is 5.92 Å². The molecule has 2 aromatic rings. The number of aliphatic carboxylic acids is 1. The fourth-order valence-corrected chi connectivity index (χ4v) is 2.97. The van der Waals surface area contributed by atoms with E-state index in [-0.39, 0.29) is 6.42 Å². The quantitative estimate of drug-likeness (QED) is 0.718. The van der Waals surface area contributed by atoms with E-state index in [0.29, 0.717) is 28.7 Å². The van der Waals surface area contributed by atoms with Gasteiger partial charge >= 0.3 is 5.97 Å². The lowest BCUT2D eigenvalue weighted by Gasteiger charge is -2.21. The number of ether oxygens (including phenoxy) is 5. The Labute approximate surface area is 158 Å². The van der Waals surface area contributed by atoms with Crippen LogP contribution in [0.3, 0.4) is 0 Å². The minimum absolute atomic E-state index is 0.117. The number of rotatable bonds is 9. The average molecular weight is 376 g/mol. The summed E-state index contributed by atoms with van der Waals surface area (Å²) in [6.07, 6.45) is -0.117. The van der Waals surface area contributed by atoms with E-state index >= 15 is 0 Å². The van der Waals surface area contributed by atoms with Crippen LogP contribution in [0.2, 0.25) is 0 Å². The Morgan fingerprint density at radius 1 is 0.778 bits per heavy atom. The van der Waals surface area contributed by atoms with Crippen molar-refractivity contribution in [1.29, 1.82) is 0 Å². The van der Waals surface area contributed by atoms with Crippen LogP contribution in [0.15, 0.2) is 30.3 Å². The number of carboxylic acids is 1. The lowest BCUT2D eigenvalue weighted by molar-refractivity contribution is -0.137. The van der Waals surface area contributed by atoms with Crippen LogP contribution in [0.4, 0.5) is 0 Å². The van der Waals surface area contributed by atoms with Crippen LogP contribution >= 0.6 is 0 Å². The lowest BCUT2D eigenvalue weighted by atomic mass is 9.88. The van der Waals surface area contributed by atoms with E-state index in [1.165, 1.54) is 28.4 Å². The van der Waals surface area contributed by atoms with Gasteiger partial charge in [-0.15, -0.1) is 0 Å². The van der Waals surface area contributed by atoms with Crippen molar-refractivity contribution in [3.05, 3.63) is 41.5 Å². The molecule has 0 saturated heterocycles. The molecule has 0 aliphatic heterocycles. The summed E-state index contributed by atoms with van der Waals surface area (Å²) >= 11 is 0. The van der Waals surface area contributed by atoms with Gasteiger partial charge in [-0.05, 0) is 35.4 Å². The molecule has 0 saturated carbocycles. The van der Waals surface area contributed by atoms with Gasteiger partial charge in [0.1, 0.15) is 0 Å². The van der Waals surface area contributed by atoms with Crippen molar-refractivity contribution in [2.75, 3.05) is 35.5 Å². The first kappa shape index (κ1) is 20.2. The molecule has 2 rings (SSSR count). The van der Waals surface area contributed by atoms with Crippen molar-refractivity contribution in [2.45, 2.75) is 12.3 Å². The Bertz CT molecular complexity index is 776. The fourth-order valence-electron chi connectivity index (χ4n) is 2.97. The number of hydrogen-bond acceptors (Lipinski definition) is 6. The molecule has 2 aromatic carbocycles. The predicted octanol–water partition coefficient (Wildman–Crippen LogP) is 3.34. The second kappa shape index (κ2) is 9.02. The molecule has 0 aliphatic rings. The molecule has 0 spiro atoms. The van der Waals surface area contributed by atoms with Gasteiger partial charge in [0.05, 0.1) is 42.0 Å². The molecule has 7 nitrogen and oxygen atoms in total. The lowest BCUT2D eigenvalue weighted by Crippen LogP contribution is -2.09. The van der Waals surface area contributed by atoms with Gasteiger partial charge in [0.15, 0.2) is 23.0 Å². The van der Waals surface area contributed by atoms with E-state index in [4.69, 9.17) is 23.7 Å². The highest BCUT2D eigenvalue weighted by molar-refractivity contribution is 5.70. The van der Waals surface area contributed by atoms with Crippen LogP contribution < -0.4 is 23.7 Å². The van der Waals surface area contributed by atoms with Crippen molar-refractivity contribution in [2.24, 2.45) is 0 Å². The Balaban J connectivity index is 2.62. The van der Waals surface area contributed by atoms with E-state index in [2.05, 4.69) is 0 Å².